The molecule has 1 unspecified atom stereocenters. The van der Waals surface area contributed by atoms with Gasteiger partial charge in [0.1, 0.15) is 16.6 Å². The Morgan fingerprint density at radius 3 is 2.96 bits per heavy atom. The highest BCUT2D eigenvalue weighted by Gasteiger charge is 2.21. The lowest BCUT2D eigenvalue weighted by molar-refractivity contribution is 0.411. The average Bonchev–Trinajstić information content (AvgIpc) is 2.80. The molecule has 1 aromatic heterocycles. The largest absolute Gasteiger partial charge is 0.494 e. The van der Waals surface area contributed by atoms with Gasteiger partial charge in [-0.1, -0.05) is 31.0 Å². The molecule has 0 fully saturated rings. The van der Waals surface area contributed by atoms with E-state index < -0.39 is 0 Å². The number of anilines is 3. The number of aromatic nitrogens is 2. The van der Waals surface area contributed by atoms with Gasteiger partial charge >= 0.3 is 0 Å². The molecule has 0 saturated carbocycles. The van der Waals surface area contributed by atoms with Crippen molar-refractivity contribution in [1.29, 1.82) is 0 Å². The number of ether oxygens (including phenoxy) is 1. The third kappa shape index (κ3) is 3.41. The van der Waals surface area contributed by atoms with Gasteiger partial charge in [-0.2, -0.15) is 4.98 Å². The number of rotatable bonds is 4. The van der Waals surface area contributed by atoms with Crippen molar-refractivity contribution in [2.45, 2.75) is 39.0 Å². The molecule has 1 heterocycles. The minimum atomic E-state index is 0.258. The van der Waals surface area contributed by atoms with Crippen molar-refractivity contribution >= 4 is 29.1 Å². The minimum Gasteiger partial charge on any atom is -0.494 e. The van der Waals surface area contributed by atoms with Crippen LogP contribution in [0.5, 0.6) is 5.75 Å². The lowest BCUT2D eigenvalue weighted by atomic mass is 9.94. The first-order valence-electron chi connectivity index (χ1n) is 8.36. The Morgan fingerprint density at radius 1 is 1.42 bits per heavy atom. The van der Waals surface area contributed by atoms with Crippen LogP contribution in [0.25, 0.3) is 0 Å². The maximum absolute atomic E-state index is 5.88. The van der Waals surface area contributed by atoms with Crippen molar-refractivity contribution in [3.05, 3.63) is 34.5 Å². The zero-order valence-electron chi connectivity index (χ0n) is 14.1. The van der Waals surface area contributed by atoms with E-state index in [2.05, 4.69) is 28.3 Å². The highest BCUT2D eigenvalue weighted by atomic mass is 35.5. The summed E-state index contributed by atoms with van der Waals surface area (Å²) < 4.78 is 5.72. The Labute approximate surface area is 147 Å². The number of nitrogens with zero attached hydrogens (tertiary/aromatic N) is 2. The van der Waals surface area contributed by atoms with Gasteiger partial charge in [0.2, 0.25) is 5.95 Å². The lowest BCUT2D eigenvalue weighted by Crippen LogP contribution is -2.05. The van der Waals surface area contributed by atoms with Gasteiger partial charge in [0.15, 0.2) is 0 Å². The fourth-order valence-corrected chi connectivity index (χ4v) is 3.45. The van der Waals surface area contributed by atoms with E-state index in [0.29, 0.717) is 11.0 Å². The SMILES string of the molecule is CCC1CCCc2c(ccc(Nc3ncc(Cl)c(N)n3)c2OC)C1. The molecule has 6 heteroatoms. The van der Waals surface area contributed by atoms with Crippen molar-refractivity contribution in [3.8, 4) is 5.75 Å². The number of nitrogen functional groups attached to an aromatic ring is 1. The minimum absolute atomic E-state index is 0.258. The van der Waals surface area contributed by atoms with E-state index in [-0.39, 0.29) is 5.82 Å². The van der Waals surface area contributed by atoms with Crippen molar-refractivity contribution in [2.24, 2.45) is 5.92 Å². The van der Waals surface area contributed by atoms with E-state index in [0.717, 1.165) is 30.2 Å². The molecule has 1 aliphatic rings. The molecule has 0 bridgehead atoms. The predicted molar refractivity (Wildman–Crippen MR) is 98.2 cm³/mol. The number of halogens is 1. The number of fused-ring (bicyclic) bond motifs is 1. The molecule has 0 radical (unpaired) electrons. The maximum atomic E-state index is 5.88. The van der Waals surface area contributed by atoms with Gasteiger partial charge < -0.3 is 15.8 Å². The Hall–Kier alpha value is -2.01. The predicted octanol–water partition coefficient (Wildman–Crippen LogP) is 4.37. The monoisotopic (exact) mass is 346 g/mol. The molecule has 128 valence electrons. The van der Waals surface area contributed by atoms with Gasteiger partial charge in [-0.05, 0) is 48.8 Å². The number of hydrogen-bond donors (Lipinski definition) is 2. The van der Waals surface area contributed by atoms with E-state index in [1.165, 1.54) is 36.6 Å². The summed E-state index contributed by atoms with van der Waals surface area (Å²) in [5.41, 5.74) is 9.29. The third-order valence-electron chi connectivity index (χ3n) is 4.70. The summed E-state index contributed by atoms with van der Waals surface area (Å²) in [5, 5.41) is 3.55. The van der Waals surface area contributed by atoms with Crippen LogP contribution in [0, 0.1) is 5.92 Å². The van der Waals surface area contributed by atoms with Crippen molar-refractivity contribution in [2.75, 3.05) is 18.2 Å². The first-order chi connectivity index (χ1) is 11.6. The fraction of sp³-hybridized carbons (Fsp3) is 0.444. The zero-order valence-corrected chi connectivity index (χ0v) is 14.9. The second kappa shape index (κ2) is 7.26. The van der Waals surface area contributed by atoms with E-state index in [4.69, 9.17) is 22.1 Å². The lowest BCUT2D eigenvalue weighted by Gasteiger charge is -2.17. The molecule has 1 aromatic carbocycles. The Morgan fingerprint density at radius 2 is 2.25 bits per heavy atom. The third-order valence-corrected chi connectivity index (χ3v) is 5.00. The van der Waals surface area contributed by atoms with Crippen LogP contribution in [0.15, 0.2) is 18.3 Å². The quantitative estimate of drug-likeness (QED) is 0.804. The van der Waals surface area contributed by atoms with Crippen LogP contribution in [0.4, 0.5) is 17.5 Å². The van der Waals surface area contributed by atoms with Crippen LogP contribution in [0.1, 0.15) is 37.3 Å². The van der Waals surface area contributed by atoms with Gasteiger partial charge in [0.05, 0.1) is 19.0 Å². The Balaban J connectivity index is 1.94. The number of nitrogens with two attached hydrogens (primary N) is 1. The van der Waals surface area contributed by atoms with Crippen LogP contribution in [0.3, 0.4) is 0 Å². The van der Waals surface area contributed by atoms with E-state index >= 15 is 0 Å². The van der Waals surface area contributed by atoms with Crippen LogP contribution < -0.4 is 15.8 Å². The van der Waals surface area contributed by atoms with Crippen LogP contribution in [-0.2, 0) is 12.8 Å². The van der Waals surface area contributed by atoms with E-state index in [1.807, 2.05) is 6.07 Å². The van der Waals surface area contributed by atoms with Gasteiger partial charge in [-0.3, -0.25) is 0 Å². The standard InChI is InChI=1S/C18H23ClN4O/c1-3-11-5-4-6-13-12(9-11)7-8-15(16(13)24-2)22-18-21-10-14(19)17(20)23-18/h7-8,10-11H,3-6,9H2,1-2H3,(H3,20,21,22,23). The van der Waals surface area contributed by atoms with Crippen LogP contribution in [0.2, 0.25) is 5.02 Å². The maximum Gasteiger partial charge on any atom is 0.229 e. The van der Waals surface area contributed by atoms with Crippen molar-refractivity contribution in [3.63, 3.8) is 0 Å². The molecule has 1 aliphatic carbocycles. The molecular weight excluding hydrogens is 324 g/mol. The molecule has 5 nitrogen and oxygen atoms in total. The normalized spacial score (nSPS) is 17.0. The number of nitrogens with one attached hydrogen (secondary N) is 1. The first-order valence-corrected chi connectivity index (χ1v) is 8.74. The van der Waals surface area contributed by atoms with E-state index in [1.54, 1.807) is 7.11 Å². The van der Waals surface area contributed by atoms with Gasteiger partial charge in [-0.25, -0.2) is 4.98 Å². The first kappa shape index (κ1) is 16.8. The number of methoxy groups -OCH3 is 1. The van der Waals surface area contributed by atoms with Crippen molar-refractivity contribution < 1.29 is 4.74 Å². The summed E-state index contributed by atoms with van der Waals surface area (Å²) >= 11 is 5.88. The average molecular weight is 347 g/mol. The molecule has 0 spiro atoms. The Bertz CT molecular complexity index is 735. The van der Waals surface area contributed by atoms with Crippen molar-refractivity contribution in [1.82, 2.24) is 9.97 Å². The summed E-state index contributed by atoms with van der Waals surface area (Å²) in [6.45, 7) is 2.27. The smallest absolute Gasteiger partial charge is 0.229 e. The molecular formula is C18H23ClN4O. The van der Waals surface area contributed by atoms with Gasteiger partial charge in [0.25, 0.3) is 0 Å². The fourth-order valence-electron chi connectivity index (χ4n) is 3.36. The van der Waals surface area contributed by atoms with Crippen LogP contribution >= 0.6 is 11.6 Å². The molecule has 1 atom stereocenters. The zero-order chi connectivity index (χ0) is 17.1. The van der Waals surface area contributed by atoms with Gasteiger partial charge in [-0.15, -0.1) is 0 Å². The molecule has 2 aromatic rings. The second-order valence-electron chi connectivity index (χ2n) is 6.21. The summed E-state index contributed by atoms with van der Waals surface area (Å²) in [6, 6.07) is 4.22. The molecule has 24 heavy (non-hydrogen) atoms. The summed E-state index contributed by atoms with van der Waals surface area (Å²) in [7, 11) is 1.71. The number of hydrogen-bond acceptors (Lipinski definition) is 5. The Kier molecular flexibility index (Phi) is 5.09. The number of benzene rings is 1. The molecule has 0 saturated heterocycles. The molecule has 0 aliphatic heterocycles. The molecule has 0 amide bonds. The summed E-state index contributed by atoms with van der Waals surface area (Å²) in [6.07, 6.45) is 7.33. The van der Waals surface area contributed by atoms with Crippen LogP contribution in [-0.4, -0.2) is 17.1 Å². The summed E-state index contributed by atoms with van der Waals surface area (Å²) in [4.78, 5) is 8.34. The second-order valence-corrected chi connectivity index (χ2v) is 6.61. The topological polar surface area (TPSA) is 73.1 Å². The van der Waals surface area contributed by atoms with Gasteiger partial charge in [0, 0.05) is 0 Å². The highest BCUT2D eigenvalue weighted by Crippen LogP contribution is 2.38. The molecule has 3 rings (SSSR count). The van der Waals surface area contributed by atoms with E-state index in [9.17, 15) is 0 Å². The summed E-state index contributed by atoms with van der Waals surface area (Å²) in [5.74, 6) is 2.31. The highest BCUT2D eigenvalue weighted by molar-refractivity contribution is 6.32. The molecule has 3 N–H and O–H groups in total.